The molecule has 9 heteroatoms. The number of nitrogens with one attached hydrogen (secondary N) is 1. The number of anilines is 1. The maximum absolute atomic E-state index is 13.2. The van der Waals surface area contributed by atoms with E-state index >= 15 is 0 Å². The minimum absolute atomic E-state index is 0.0203. The van der Waals surface area contributed by atoms with Crippen molar-refractivity contribution >= 4 is 33.0 Å². The molecule has 0 aliphatic carbocycles. The van der Waals surface area contributed by atoms with E-state index in [0.717, 1.165) is 44.3 Å². The number of likely N-dealkylation sites (tertiary alicyclic amines) is 1. The first-order chi connectivity index (χ1) is 15.7. The molecule has 0 saturated carbocycles. The lowest BCUT2D eigenvalue weighted by molar-refractivity contribution is 0.0728. The van der Waals surface area contributed by atoms with Crippen LogP contribution in [0.15, 0.2) is 35.2 Å². The largest absolute Gasteiger partial charge is 0.345 e. The van der Waals surface area contributed by atoms with E-state index in [4.69, 9.17) is 0 Å². The predicted octanol–water partition coefficient (Wildman–Crippen LogP) is 4.75. The fourth-order valence-corrected chi connectivity index (χ4v) is 6.55. The van der Waals surface area contributed by atoms with Crippen molar-refractivity contribution in [1.82, 2.24) is 14.5 Å². The Hall–Kier alpha value is -2.65. The molecule has 0 atom stereocenters. The fourth-order valence-electron chi connectivity index (χ4n) is 4.11. The van der Waals surface area contributed by atoms with Gasteiger partial charge in [-0.3, -0.25) is 9.52 Å². The molecular formula is C24H30N4O3S2. The van der Waals surface area contributed by atoms with E-state index in [1.807, 2.05) is 35.6 Å². The van der Waals surface area contributed by atoms with Crippen molar-refractivity contribution in [3.8, 4) is 10.7 Å². The number of thiazole rings is 1. The number of sulfonamides is 1. The van der Waals surface area contributed by atoms with Crippen LogP contribution in [0.2, 0.25) is 0 Å². The lowest BCUT2D eigenvalue weighted by atomic mass is 10.1. The van der Waals surface area contributed by atoms with Gasteiger partial charge >= 0.3 is 0 Å². The quantitative estimate of drug-likeness (QED) is 0.545. The van der Waals surface area contributed by atoms with Gasteiger partial charge in [0.25, 0.3) is 15.9 Å². The van der Waals surface area contributed by atoms with Gasteiger partial charge in [-0.2, -0.15) is 0 Å². The van der Waals surface area contributed by atoms with Gasteiger partial charge in [-0.1, -0.05) is 19.1 Å². The van der Waals surface area contributed by atoms with Crippen molar-refractivity contribution in [2.45, 2.75) is 51.3 Å². The monoisotopic (exact) mass is 486 g/mol. The zero-order valence-electron chi connectivity index (χ0n) is 19.5. The molecule has 3 heterocycles. The van der Waals surface area contributed by atoms with Gasteiger partial charge in [0.05, 0.1) is 11.4 Å². The molecule has 0 bridgehead atoms. The summed E-state index contributed by atoms with van der Waals surface area (Å²) in [4.78, 5) is 20.4. The Morgan fingerprint density at radius 3 is 2.42 bits per heavy atom. The third kappa shape index (κ3) is 4.70. The highest BCUT2D eigenvalue weighted by Gasteiger charge is 2.27. The van der Waals surface area contributed by atoms with Gasteiger partial charge in [-0.15, -0.1) is 11.3 Å². The van der Waals surface area contributed by atoms with Crippen LogP contribution in [0.5, 0.6) is 0 Å². The van der Waals surface area contributed by atoms with Gasteiger partial charge in [-0.25, -0.2) is 13.4 Å². The first kappa shape index (κ1) is 23.5. The maximum atomic E-state index is 13.2. The highest BCUT2D eigenvalue weighted by molar-refractivity contribution is 7.92. The van der Waals surface area contributed by atoms with Crippen molar-refractivity contribution in [3.05, 3.63) is 52.2 Å². The van der Waals surface area contributed by atoms with Gasteiger partial charge in [0.1, 0.15) is 14.8 Å². The van der Waals surface area contributed by atoms with Crippen LogP contribution in [0.4, 0.5) is 5.69 Å². The summed E-state index contributed by atoms with van der Waals surface area (Å²) >= 11 is 1.33. The predicted molar refractivity (Wildman–Crippen MR) is 132 cm³/mol. The van der Waals surface area contributed by atoms with Crippen molar-refractivity contribution in [2.24, 2.45) is 7.05 Å². The number of benzene rings is 1. The number of carbonyl (C=O) groups excluding carboxylic acids is 1. The third-order valence-electron chi connectivity index (χ3n) is 6.25. The first-order valence-corrected chi connectivity index (χ1v) is 13.6. The van der Waals surface area contributed by atoms with E-state index in [-0.39, 0.29) is 10.8 Å². The molecule has 1 N–H and O–H groups in total. The lowest BCUT2D eigenvalue weighted by Crippen LogP contribution is -2.35. The second-order valence-electron chi connectivity index (χ2n) is 8.48. The molecule has 33 heavy (non-hydrogen) atoms. The average molecular weight is 487 g/mol. The maximum Gasteiger partial charge on any atom is 0.265 e. The average Bonchev–Trinajstić information content (AvgIpc) is 3.34. The number of piperidine rings is 1. The Bertz CT molecular complexity index is 1270. The molecule has 1 aliphatic rings. The molecule has 1 saturated heterocycles. The van der Waals surface area contributed by atoms with Crippen molar-refractivity contribution in [1.29, 1.82) is 0 Å². The summed E-state index contributed by atoms with van der Waals surface area (Å²) < 4.78 is 30.8. The van der Waals surface area contributed by atoms with Crippen LogP contribution in [0.1, 0.15) is 52.8 Å². The molecule has 1 amide bonds. The molecule has 0 radical (unpaired) electrons. The standard InChI is InChI=1S/C24H30N4O3S2/c1-5-18-9-11-19(12-10-18)26-33(30,31)21-15-20(27(4)17(21)3)23-25-16(2)22(32-23)24(29)28-13-7-6-8-14-28/h9-12,15,26H,5-8,13-14H2,1-4H3. The topological polar surface area (TPSA) is 84.3 Å². The van der Waals surface area contributed by atoms with E-state index in [0.29, 0.717) is 32.7 Å². The molecule has 0 unspecified atom stereocenters. The number of hydrogen-bond acceptors (Lipinski definition) is 5. The summed E-state index contributed by atoms with van der Waals surface area (Å²) in [5, 5.41) is 0.646. The Morgan fingerprint density at radius 2 is 1.79 bits per heavy atom. The van der Waals surface area contributed by atoms with E-state index in [9.17, 15) is 13.2 Å². The number of aryl methyl sites for hydroxylation is 2. The number of carbonyl (C=O) groups is 1. The molecule has 7 nitrogen and oxygen atoms in total. The Balaban J connectivity index is 1.63. The van der Waals surface area contributed by atoms with Crippen LogP contribution >= 0.6 is 11.3 Å². The minimum Gasteiger partial charge on any atom is -0.345 e. The molecule has 1 aromatic carbocycles. The summed E-state index contributed by atoms with van der Waals surface area (Å²) in [7, 11) is -1.96. The number of hydrogen-bond donors (Lipinski definition) is 1. The number of amides is 1. The zero-order valence-corrected chi connectivity index (χ0v) is 21.1. The van der Waals surface area contributed by atoms with Crippen LogP contribution in [0.3, 0.4) is 0 Å². The van der Waals surface area contributed by atoms with Crippen LogP contribution in [-0.4, -0.2) is 41.9 Å². The normalized spacial score (nSPS) is 14.5. The second-order valence-corrected chi connectivity index (χ2v) is 11.1. The molecule has 4 rings (SSSR count). The molecule has 0 spiro atoms. The van der Waals surface area contributed by atoms with Crippen LogP contribution in [0.25, 0.3) is 10.7 Å². The SMILES string of the molecule is CCc1ccc(NS(=O)(=O)c2cc(-c3nc(C)c(C(=O)N4CCCCC4)s3)n(C)c2C)cc1. The van der Waals surface area contributed by atoms with E-state index in [2.05, 4.69) is 16.6 Å². The molecule has 3 aromatic rings. The molecule has 176 valence electrons. The molecular weight excluding hydrogens is 456 g/mol. The fraction of sp³-hybridized carbons (Fsp3) is 0.417. The van der Waals surface area contributed by atoms with Crippen LogP contribution < -0.4 is 4.72 Å². The summed E-state index contributed by atoms with van der Waals surface area (Å²) in [6.07, 6.45) is 4.11. The lowest BCUT2D eigenvalue weighted by Gasteiger charge is -2.26. The van der Waals surface area contributed by atoms with E-state index < -0.39 is 10.0 Å². The van der Waals surface area contributed by atoms with Crippen molar-refractivity contribution < 1.29 is 13.2 Å². The highest BCUT2D eigenvalue weighted by Crippen LogP contribution is 2.33. The summed E-state index contributed by atoms with van der Waals surface area (Å²) in [5.74, 6) is 0.0203. The Labute approximate surface area is 199 Å². The van der Waals surface area contributed by atoms with Crippen LogP contribution in [0, 0.1) is 13.8 Å². The Morgan fingerprint density at radius 1 is 1.12 bits per heavy atom. The zero-order chi connectivity index (χ0) is 23.8. The highest BCUT2D eigenvalue weighted by atomic mass is 32.2. The molecule has 1 aliphatic heterocycles. The van der Waals surface area contributed by atoms with E-state index in [1.165, 1.54) is 11.3 Å². The third-order valence-corrected chi connectivity index (χ3v) is 8.91. The van der Waals surface area contributed by atoms with E-state index in [1.54, 1.807) is 25.1 Å². The summed E-state index contributed by atoms with van der Waals surface area (Å²) in [6.45, 7) is 7.23. The van der Waals surface area contributed by atoms with Gasteiger partial charge in [0.15, 0.2) is 0 Å². The number of nitrogens with zero attached hydrogens (tertiary/aromatic N) is 3. The van der Waals surface area contributed by atoms with Crippen molar-refractivity contribution in [2.75, 3.05) is 17.8 Å². The summed E-state index contributed by atoms with van der Waals surface area (Å²) in [6, 6.07) is 9.03. The smallest absolute Gasteiger partial charge is 0.265 e. The van der Waals surface area contributed by atoms with Crippen LogP contribution in [-0.2, 0) is 23.5 Å². The van der Waals surface area contributed by atoms with Gasteiger partial charge in [0.2, 0.25) is 0 Å². The number of aromatic nitrogens is 2. The minimum atomic E-state index is -3.78. The molecule has 2 aromatic heterocycles. The Kier molecular flexibility index (Phi) is 6.63. The van der Waals surface area contributed by atoms with Gasteiger partial charge < -0.3 is 9.47 Å². The summed E-state index contributed by atoms with van der Waals surface area (Å²) in [5.41, 5.74) is 3.64. The van der Waals surface area contributed by atoms with Crippen molar-refractivity contribution in [3.63, 3.8) is 0 Å². The van der Waals surface area contributed by atoms with Gasteiger partial charge in [-0.05, 0) is 63.3 Å². The second kappa shape index (κ2) is 9.30. The van der Waals surface area contributed by atoms with Gasteiger partial charge in [0, 0.05) is 31.5 Å². The molecule has 1 fully saturated rings. The number of rotatable bonds is 6. The first-order valence-electron chi connectivity index (χ1n) is 11.3.